The van der Waals surface area contributed by atoms with Crippen molar-refractivity contribution in [1.29, 1.82) is 0 Å². The van der Waals surface area contributed by atoms with Crippen LogP contribution in [0, 0.1) is 0 Å². The van der Waals surface area contributed by atoms with E-state index in [1.165, 1.54) is 0 Å². The van der Waals surface area contributed by atoms with Gasteiger partial charge in [-0.05, 0) is 42.4 Å². The summed E-state index contributed by atoms with van der Waals surface area (Å²) in [7, 11) is 0. The van der Waals surface area contributed by atoms with Crippen LogP contribution in [-0.2, 0) is 5.41 Å². The molecule has 0 radical (unpaired) electrons. The summed E-state index contributed by atoms with van der Waals surface area (Å²) < 4.78 is 39.2. The van der Waals surface area contributed by atoms with E-state index in [0.29, 0.717) is 18.5 Å². The molecular weight excluding hydrogens is 305 g/mol. The molecule has 23 heavy (non-hydrogen) atoms. The summed E-state index contributed by atoms with van der Waals surface area (Å²) in [4.78, 5) is 13.1. The molecule has 1 aromatic rings. The van der Waals surface area contributed by atoms with E-state index in [0.717, 1.165) is 10.5 Å². The minimum absolute atomic E-state index is 0.0171. The van der Waals surface area contributed by atoms with Crippen LogP contribution in [0.1, 0.15) is 45.6 Å². The van der Waals surface area contributed by atoms with E-state index in [1.54, 1.807) is 12.1 Å². The number of rotatable bonds is 1. The number of urea groups is 1. The van der Waals surface area contributed by atoms with Gasteiger partial charge in [-0.15, -0.1) is 0 Å². The number of anilines is 1. The summed E-state index contributed by atoms with van der Waals surface area (Å²) in [6.07, 6.45) is -3.31. The number of piperidine rings is 1. The van der Waals surface area contributed by atoms with E-state index >= 15 is 0 Å². The number of nitrogens with one attached hydrogen (secondary N) is 1. The van der Waals surface area contributed by atoms with Crippen molar-refractivity contribution in [3.05, 3.63) is 29.8 Å². The highest BCUT2D eigenvalue weighted by atomic mass is 19.4. The molecule has 1 N–H and O–H groups in total. The first kappa shape index (κ1) is 17.6. The van der Waals surface area contributed by atoms with Gasteiger partial charge in [0.15, 0.2) is 0 Å². The third-order valence-electron chi connectivity index (χ3n) is 4.14. The predicted octanol–water partition coefficient (Wildman–Crippen LogP) is 4.93. The van der Waals surface area contributed by atoms with Crippen molar-refractivity contribution in [3.63, 3.8) is 0 Å². The molecule has 1 aromatic carbocycles. The van der Waals surface area contributed by atoms with Crippen molar-refractivity contribution in [2.24, 2.45) is 0 Å². The van der Waals surface area contributed by atoms with Gasteiger partial charge in [-0.1, -0.05) is 32.9 Å². The Labute approximate surface area is 134 Å². The van der Waals surface area contributed by atoms with Crippen LogP contribution < -0.4 is 5.32 Å². The molecule has 6 heteroatoms. The highest BCUT2D eigenvalue weighted by molar-refractivity contribution is 5.89. The number of carbonyl (C=O) groups is 1. The van der Waals surface area contributed by atoms with Gasteiger partial charge in [0.05, 0.1) is 0 Å². The topological polar surface area (TPSA) is 32.3 Å². The van der Waals surface area contributed by atoms with Crippen LogP contribution >= 0.6 is 0 Å². The first-order valence-electron chi connectivity index (χ1n) is 7.84. The molecule has 0 aromatic heterocycles. The first-order valence-corrected chi connectivity index (χ1v) is 7.84. The minimum Gasteiger partial charge on any atom is -0.312 e. The van der Waals surface area contributed by atoms with Gasteiger partial charge < -0.3 is 10.2 Å². The van der Waals surface area contributed by atoms with Gasteiger partial charge in [-0.25, -0.2) is 4.79 Å². The number of carbonyl (C=O) groups excluding carboxylic acids is 1. The number of amides is 2. The average Bonchev–Trinajstić information content (AvgIpc) is 2.46. The number of benzene rings is 1. The summed E-state index contributed by atoms with van der Waals surface area (Å²) >= 11 is 0. The molecule has 0 saturated carbocycles. The molecule has 1 fully saturated rings. The summed E-state index contributed by atoms with van der Waals surface area (Å²) in [5.74, 6) is 0. The number of alkyl halides is 3. The maximum absolute atomic E-state index is 13.1. The summed E-state index contributed by atoms with van der Waals surface area (Å²) in [5, 5.41) is 2.58. The van der Waals surface area contributed by atoms with Gasteiger partial charge in [-0.3, -0.25) is 0 Å². The van der Waals surface area contributed by atoms with E-state index in [1.807, 2.05) is 12.1 Å². The standard InChI is InChI=1S/C17H23F3N2O/c1-16(2,3)12-7-9-13(10-8-12)21-15(23)22-11-5-4-6-14(22)17(18,19)20/h7-10,14H,4-6,11H2,1-3H3,(H,21,23). The lowest BCUT2D eigenvalue weighted by molar-refractivity contribution is -0.181. The zero-order chi connectivity index (χ0) is 17.3. The van der Waals surface area contributed by atoms with E-state index in [-0.39, 0.29) is 18.4 Å². The Kier molecular flexibility index (Phi) is 4.92. The largest absolute Gasteiger partial charge is 0.408 e. The highest BCUT2D eigenvalue weighted by Gasteiger charge is 2.46. The lowest BCUT2D eigenvalue weighted by Gasteiger charge is -2.36. The summed E-state index contributed by atoms with van der Waals surface area (Å²) in [6, 6.07) is 4.84. The maximum Gasteiger partial charge on any atom is 0.408 e. The predicted molar refractivity (Wildman–Crippen MR) is 84.6 cm³/mol. The molecule has 0 aliphatic carbocycles. The van der Waals surface area contributed by atoms with Crippen LogP contribution in [0.25, 0.3) is 0 Å². The molecule has 3 nitrogen and oxygen atoms in total. The van der Waals surface area contributed by atoms with Gasteiger partial charge in [0.25, 0.3) is 0 Å². The van der Waals surface area contributed by atoms with Crippen LogP contribution in [0.3, 0.4) is 0 Å². The number of hydrogen-bond donors (Lipinski definition) is 1. The molecule has 1 atom stereocenters. The monoisotopic (exact) mass is 328 g/mol. The lowest BCUT2D eigenvalue weighted by atomic mass is 9.87. The zero-order valence-corrected chi connectivity index (χ0v) is 13.7. The number of nitrogens with zero attached hydrogens (tertiary/aromatic N) is 1. The molecule has 1 saturated heterocycles. The van der Waals surface area contributed by atoms with Gasteiger partial charge in [0.1, 0.15) is 6.04 Å². The van der Waals surface area contributed by atoms with Crippen molar-refractivity contribution in [1.82, 2.24) is 4.90 Å². The van der Waals surface area contributed by atoms with Crippen LogP contribution in [0.15, 0.2) is 24.3 Å². The fraction of sp³-hybridized carbons (Fsp3) is 0.588. The minimum atomic E-state index is -4.38. The quantitative estimate of drug-likeness (QED) is 0.778. The third-order valence-corrected chi connectivity index (χ3v) is 4.14. The van der Waals surface area contributed by atoms with Crippen molar-refractivity contribution in [3.8, 4) is 0 Å². The molecule has 0 spiro atoms. The van der Waals surface area contributed by atoms with E-state index < -0.39 is 18.2 Å². The fourth-order valence-electron chi connectivity index (χ4n) is 2.76. The zero-order valence-electron chi connectivity index (χ0n) is 13.7. The Morgan fingerprint density at radius 3 is 2.26 bits per heavy atom. The Balaban J connectivity index is 2.08. The normalized spacial score (nSPS) is 19.6. The molecule has 1 heterocycles. The average molecular weight is 328 g/mol. The lowest BCUT2D eigenvalue weighted by Crippen LogP contribution is -2.52. The van der Waals surface area contributed by atoms with Crippen molar-refractivity contribution in [2.45, 2.75) is 57.7 Å². The smallest absolute Gasteiger partial charge is 0.312 e. The number of hydrogen-bond acceptors (Lipinski definition) is 1. The Hall–Kier alpha value is -1.72. The van der Waals surface area contributed by atoms with Crippen molar-refractivity contribution >= 4 is 11.7 Å². The van der Waals surface area contributed by atoms with E-state index in [9.17, 15) is 18.0 Å². The Morgan fingerprint density at radius 1 is 1.13 bits per heavy atom. The van der Waals surface area contributed by atoms with E-state index in [2.05, 4.69) is 26.1 Å². The van der Waals surface area contributed by atoms with Gasteiger partial charge in [-0.2, -0.15) is 13.2 Å². The molecule has 128 valence electrons. The first-order chi connectivity index (χ1) is 10.6. The third kappa shape index (κ3) is 4.39. The second kappa shape index (κ2) is 6.42. The van der Waals surface area contributed by atoms with Crippen molar-refractivity contribution in [2.75, 3.05) is 11.9 Å². The molecule has 1 unspecified atom stereocenters. The Bertz CT molecular complexity index is 546. The molecule has 0 bridgehead atoms. The highest BCUT2D eigenvalue weighted by Crippen LogP contribution is 2.32. The summed E-state index contributed by atoms with van der Waals surface area (Å²) in [6.45, 7) is 6.35. The molecule has 1 aliphatic heterocycles. The number of likely N-dealkylation sites (tertiary alicyclic amines) is 1. The second-order valence-electron chi connectivity index (χ2n) is 7.00. The number of halogens is 3. The van der Waals surface area contributed by atoms with Crippen LogP contribution in [-0.4, -0.2) is 29.7 Å². The summed E-state index contributed by atoms with van der Waals surface area (Å²) in [5.41, 5.74) is 1.59. The molecular formula is C17H23F3N2O. The van der Waals surface area contributed by atoms with Crippen LogP contribution in [0.2, 0.25) is 0 Å². The van der Waals surface area contributed by atoms with Crippen LogP contribution in [0.4, 0.5) is 23.7 Å². The molecule has 1 aliphatic rings. The van der Waals surface area contributed by atoms with Crippen molar-refractivity contribution < 1.29 is 18.0 Å². The van der Waals surface area contributed by atoms with Gasteiger partial charge >= 0.3 is 12.2 Å². The molecule has 2 rings (SSSR count). The fourth-order valence-corrected chi connectivity index (χ4v) is 2.76. The molecule has 2 amide bonds. The van der Waals surface area contributed by atoms with E-state index in [4.69, 9.17) is 0 Å². The SMILES string of the molecule is CC(C)(C)c1ccc(NC(=O)N2CCCCC2C(F)(F)F)cc1. The second-order valence-corrected chi connectivity index (χ2v) is 7.00. The van der Waals surface area contributed by atoms with Crippen LogP contribution in [0.5, 0.6) is 0 Å². The van der Waals surface area contributed by atoms with Gasteiger partial charge in [0, 0.05) is 12.2 Å². The Morgan fingerprint density at radius 2 is 1.74 bits per heavy atom. The maximum atomic E-state index is 13.1. The van der Waals surface area contributed by atoms with Gasteiger partial charge in [0.2, 0.25) is 0 Å².